The molecule has 1 aliphatic heterocycles. The third-order valence-electron chi connectivity index (χ3n) is 4.88. The molecule has 0 spiro atoms. The fraction of sp³-hybridized carbons (Fsp3) is 0.556. The average Bonchev–Trinajstić information content (AvgIpc) is 3.16. The van der Waals surface area contributed by atoms with Crippen LogP contribution >= 0.6 is 0 Å². The standard InChI is InChI=1S/C18H23FN2O2/c19-15-5-7-16(8-6-15)21-12-14(10-18(21)23)11-20-17(22)9-13-3-1-2-4-13/h5-8,13-14H,1-4,9-12H2,(H,20,22)/t14-/m0/s1. The molecule has 1 aromatic rings. The summed E-state index contributed by atoms with van der Waals surface area (Å²) in [5, 5.41) is 2.98. The topological polar surface area (TPSA) is 49.4 Å². The maximum Gasteiger partial charge on any atom is 0.227 e. The van der Waals surface area contributed by atoms with Gasteiger partial charge in [0.15, 0.2) is 0 Å². The molecule has 2 aliphatic rings. The molecule has 1 atom stereocenters. The van der Waals surface area contributed by atoms with Crippen molar-refractivity contribution in [2.24, 2.45) is 11.8 Å². The lowest BCUT2D eigenvalue weighted by molar-refractivity contribution is -0.122. The number of carbonyl (C=O) groups excluding carboxylic acids is 2. The minimum absolute atomic E-state index is 0.0339. The number of hydrogen-bond donors (Lipinski definition) is 1. The van der Waals surface area contributed by atoms with Crippen LogP contribution < -0.4 is 10.2 Å². The van der Waals surface area contributed by atoms with Gasteiger partial charge in [-0.15, -0.1) is 0 Å². The zero-order chi connectivity index (χ0) is 16.2. The van der Waals surface area contributed by atoms with E-state index in [0.717, 1.165) is 18.5 Å². The molecule has 0 radical (unpaired) electrons. The zero-order valence-corrected chi connectivity index (χ0v) is 13.3. The summed E-state index contributed by atoms with van der Waals surface area (Å²) in [7, 11) is 0. The van der Waals surface area contributed by atoms with Crippen LogP contribution in [0.1, 0.15) is 38.5 Å². The highest BCUT2D eigenvalue weighted by Crippen LogP contribution is 2.28. The monoisotopic (exact) mass is 318 g/mol. The van der Waals surface area contributed by atoms with Crippen molar-refractivity contribution in [2.45, 2.75) is 38.5 Å². The summed E-state index contributed by atoms with van der Waals surface area (Å²) in [5.41, 5.74) is 0.719. The number of amides is 2. The average molecular weight is 318 g/mol. The predicted octanol–water partition coefficient (Wildman–Crippen LogP) is 2.88. The Bertz CT molecular complexity index is 567. The normalized spacial score (nSPS) is 21.9. The van der Waals surface area contributed by atoms with Crippen molar-refractivity contribution in [1.82, 2.24) is 5.32 Å². The minimum Gasteiger partial charge on any atom is -0.356 e. The van der Waals surface area contributed by atoms with Crippen LogP contribution in [0.15, 0.2) is 24.3 Å². The SMILES string of the molecule is O=C(CC1CCCC1)NC[C@@H]1CC(=O)N(c2ccc(F)cc2)C1. The number of anilines is 1. The Morgan fingerprint density at radius 3 is 2.57 bits per heavy atom. The van der Waals surface area contributed by atoms with Gasteiger partial charge < -0.3 is 10.2 Å². The lowest BCUT2D eigenvalue weighted by Gasteiger charge is -2.17. The Hall–Kier alpha value is -1.91. The van der Waals surface area contributed by atoms with Gasteiger partial charge in [0.1, 0.15) is 5.82 Å². The lowest BCUT2D eigenvalue weighted by Crippen LogP contribution is -2.32. The predicted molar refractivity (Wildman–Crippen MR) is 86.4 cm³/mol. The molecule has 5 heteroatoms. The van der Waals surface area contributed by atoms with E-state index in [-0.39, 0.29) is 23.5 Å². The summed E-state index contributed by atoms with van der Waals surface area (Å²) in [6, 6.07) is 5.96. The molecule has 4 nitrogen and oxygen atoms in total. The van der Waals surface area contributed by atoms with Crippen molar-refractivity contribution in [3.8, 4) is 0 Å². The Labute approximate surface area is 136 Å². The van der Waals surface area contributed by atoms with E-state index in [1.54, 1.807) is 17.0 Å². The van der Waals surface area contributed by atoms with Crippen LogP contribution in [0.25, 0.3) is 0 Å². The number of hydrogen-bond acceptors (Lipinski definition) is 2. The van der Waals surface area contributed by atoms with Crippen molar-refractivity contribution in [3.63, 3.8) is 0 Å². The first-order chi connectivity index (χ1) is 11.1. The van der Waals surface area contributed by atoms with Crippen molar-refractivity contribution in [3.05, 3.63) is 30.1 Å². The number of nitrogens with zero attached hydrogens (tertiary/aromatic N) is 1. The van der Waals surface area contributed by atoms with Gasteiger partial charge in [-0.3, -0.25) is 9.59 Å². The molecule has 0 bridgehead atoms. The summed E-state index contributed by atoms with van der Waals surface area (Å²) in [5.74, 6) is 0.489. The second kappa shape index (κ2) is 7.11. The third kappa shape index (κ3) is 4.09. The van der Waals surface area contributed by atoms with E-state index in [9.17, 15) is 14.0 Å². The van der Waals surface area contributed by atoms with E-state index in [1.165, 1.54) is 25.0 Å². The van der Waals surface area contributed by atoms with Gasteiger partial charge in [-0.2, -0.15) is 0 Å². The number of halogens is 1. The number of benzene rings is 1. The van der Waals surface area contributed by atoms with Gasteiger partial charge in [0.2, 0.25) is 11.8 Å². The molecule has 3 rings (SSSR count). The molecule has 2 amide bonds. The van der Waals surface area contributed by atoms with E-state index >= 15 is 0 Å². The molecular formula is C18H23FN2O2. The second-order valence-corrected chi connectivity index (χ2v) is 6.71. The van der Waals surface area contributed by atoms with Crippen LogP contribution in [-0.2, 0) is 9.59 Å². The Morgan fingerprint density at radius 2 is 1.87 bits per heavy atom. The summed E-state index contributed by atoms with van der Waals surface area (Å²) >= 11 is 0. The fourth-order valence-corrected chi connectivity index (χ4v) is 3.60. The van der Waals surface area contributed by atoms with Crippen molar-refractivity contribution < 1.29 is 14.0 Å². The van der Waals surface area contributed by atoms with Crippen LogP contribution in [0.2, 0.25) is 0 Å². The van der Waals surface area contributed by atoms with E-state index in [2.05, 4.69) is 5.32 Å². The van der Waals surface area contributed by atoms with E-state index in [1.807, 2.05) is 0 Å². The summed E-state index contributed by atoms with van der Waals surface area (Å²) < 4.78 is 13.0. The molecule has 124 valence electrons. The van der Waals surface area contributed by atoms with Crippen LogP contribution in [0.4, 0.5) is 10.1 Å². The first kappa shape index (κ1) is 16.0. The quantitative estimate of drug-likeness (QED) is 0.907. The van der Waals surface area contributed by atoms with Crippen LogP contribution in [0.5, 0.6) is 0 Å². The molecule has 0 unspecified atom stereocenters. The van der Waals surface area contributed by atoms with E-state index in [4.69, 9.17) is 0 Å². The molecule has 1 saturated carbocycles. The maximum absolute atomic E-state index is 13.0. The Kier molecular flexibility index (Phi) is 4.94. The molecule has 1 heterocycles. The van der Waals surface area contributed by atoms with E-state index in [0.29, 0.717) is 31.8 Å². The Balaban J connectivity index is 1.47. The number of nitrogens with one attached hydrogen (secondary N) is 1. The van der Waals surface area contributed by atoms with Gasteiger partial charge in [0.05, 0.1) is 0 Å². The number of carbonyl (C=O) groups is 2. The highest BCUT2D eigenvalue weighted by molar-refractivity contribution is 5.95. The van der Waals surface area contributed by atoms with Gasteiger partial charge in [-0.25, -0.2) is 4.39 Å². The van der Waals surface area contributed by atoms with Gasteiger partial charge in [0, 0.05) is 37.5 Å². The van der Waals surface area contributed by atoms with Crippen LogP contribution in [0.3, 0.4) is 0 Å². The molecule has 1 aliphatic carbocycles. The van der Waals surface area contributed by atoms with Crippen LogP contribution in [-0.4, -0.2) is 24.9 Å². The first-order valence-electron chi connectivity index (χ1n) is 8.44. The number of rotatable bonds is 5. The largest absolute Gasteiger partial charge is 0.356 e. The van der Waals surface area contributed by atoms with Gasteiger partial charge in [0.25, 0.3) is 0 Å². The van der Waals surface area contributed by atoms with Crippen molar-refractivity contribution >= 4 is 17.5 Å². The molecule has 1 N–H and O–H groups in total. The maximum atomic E-state index is 13.0. The summed E-state index contributed by atoms with van der Waals surface area (Å²) in [6.45, 7) is 1.11. The molecular weight excluding hydrogens is 295 g/mol. The molecule has 1 saturated heterocycles. The molecule has 2 fully saturated rings. The third-order valence-corrected chi connectivity index (χ3v) is 4.88. The van der Waals surface area contributed by atoms with E-state index < -0.39 is 0 Å². The van der Waals surface area contributed by atoms with Crippen LogP contribution in [0, 0.1) is 17.7 Å². The highest BCUT2D eigenvalue weighted by Gasteiger charge is 2.31. The lowest BCUT2D eigenvalue weighted by atomic mass is 10.0. The summed E-state index contributed by atoms with van der Waals surface area (Å²) in [6.07, 6.45) is 5.84. The van der Waals surface area contributed by atoms with Crippen molar-refractivity contribution in [1.29, 1.82) is 0 Å². The first-order valence-corrected chi connectivity index (χ1v) is 8.44. The smallest absolute Gasteiger partial charge is 0.227 e. The molecule has 0 aromatic heterocycles. The molecule has 1 aromatic carbocycles. The Morgan fingerprint density at radius 1 is 1.17 bits per heavy atom. The summed E-state index contributed by atoms with van der Waals surface area (Å²) in [4.78, 5) is 25.8. The van der Waals surface area contributed by atoms with Crippen molar-refractivity contribution in [2.75, 3.05) is 18.0 Å². The molecule has 23 heavy (non-hydrogen) atoms. The second-order valence-electron chi connectivity index (χ2n) is 6.71. The fourth-order valence-electron chi connectivity index (χ4n) is 3.60. The zero-order valence-electron chi connectivity index (χ0n) is 13.3. The van der Waals surface area contributed by atoms with Gasteiger partial charge >= 0.3 is 0 Å². The van der Waals surface area contributed by atoms with Gasteiger partial charge in [-0.05, 0) is 43.0 Å². The highest BCUT2D eigenvalue weighted by atomic mass is 19.1. The minimum atomic E-state index is -0.309. The van der Waals surface area contributed by atoms with Gasteiger partial charge in [-0.1, -0.05) is 12.8 Å².